The van der Waals surface area contributed by atoms with Gasteiger partial charge in [0.05, 0.1) is 5.02 Å². The second kappa shape index (κ2) is 5.88. The molecule has 0 unspecified atom stereocenters. The highest BCUT2D eigenvalue weighted by Gasteiger charge is 2.23. The molecular formula is C9H5BrCl3N3O2. The standard InChI is InChI=1S/C9H4BrCl2N3O2.ClH/c10-7-5(12)6(9(16)17)15(14-7)8-4(11)2-1-3-13-8;/h1-3H,(H,16,17);1H. The summed E-state index contributed by atoms with van der Waals surface area (Å²) in [6, 6.07) is 3.21. The van der Waals surface area contributed by atoms with E-state index in [0.717, 1.165) is 4.68 Å². The molecule has 0 amide bonds. The zero-order chi connectivity index (χ0) is 12.6. The topological polar surface area (TPSA) is 68.0 Å². The van der Waals surface area contributed by atoms with E-state index < -0.39 is 5.97 Å². The summed E-state index contributed by atoms with van der Waals surface area (Å²) in [5.74, 6) is -1.01. The zero-order valence-corrected chi connectivity index (χ0v) is 12.4. The number of pyridine rings is 1. The number of carboxylic acids is 1. The Morgan fingerprint density at radius 3 is 2.67 bits per heavy atom. The van der Waals surface area contributed by atoms with Gasteiger partial charge in [0.25, 0.3) is 0 Å². The lowest BCUT2D eigenvalue weighted by molar-refractivity contribution is 0.0687. The second-order valence-corrected chi connectivity index (χ2v) is 4.52. The van der Waals surface area contributed by atoms with E-state index in [1.165, 1.54) is 6.20 Å². The van der Waals surface area contributed by atoms with Crippen LogP contribution in [0, 0.1) is 0 Å². The summed E-state index contributed by atoms with van der Waals surface area (Å²) >= 11 is 14.8. The van der Waals surface area contributed by atoms with Gasteiger partial charge in [0.2, 0.25) is 0 Å². The highest BCUT2D eigenvalue weighted by molar-refractivity contribution is 9.10. The number of hydrogen-bond acceptors (Lipinski definition) is 3. The largest absolute Gasteiger partial charge is 0.476 e. The first-order valence-electron chi connectivity index (χ1n) is 4.30. The number of halogens is 4. The van der Waals surface area contributed by atoms with E-state index in [4.69, 9.17) is 28.3 Å². The number of hydrogen-bond donors (Lipinski definition) is 1. The Hall–Kier alpha value is -0.820. The predicted octanol–water partition coefficient (Wildman–Crippen LogP) is 3.46. The van der Waals surface area contributed by atoms with Crippen LogP contribution in [0.4, 0.5) is 0 Å². The molecule has 0 spiro atoms. The summed E-state index contributed by atoms with van der Waals surface area (Å²) in [7, 11) is 0. The third-order valence-corrected chi connectivity index (χ3v) is 3.37. The summed E-state index contributed by atoms with van der Waals surface area (Å²) < 4.78 is 1.30. The fourth-order valence-corrected chi connectivity index (χ4v) is 1.99. The van der Waals surface area contributed by atoms with Crippen molar-refractivity contribution in [2.45, 2.75) is 0 Å². The fourth-order valence-electron chi connectivity index (χ4n) is 1.24. The summed E-state index contributed by atoms with van der Waals surface area (Å²) in [6.45, 7) is 0. The summed E-state index contributed by atoms with van der Waals surface area (Å²) in [5.41, 5.74) is -0.195. The monoisotopic (exact) mass is 371 g/mol. The molecule has 0 bridgehead atoms. The molecule has 2 rings (SSSR count). The molecule has 0 aromatic carbocycles. The number of carboxylic acid groups (broad SMARTS) is 1. The third-order valence-electron chi connectivity index (χ3n) is 1.93. The fraction of sp³-hybridized carbons (Fsp3) is 0. The van der Waals surface area contributed by atoms with E-state index in [9.17, 15) is 4.79 Å². The van der Waals surface area contributed by atoms with Crippen LogP contribution >= 0.6 is 51.5 Å². The van der Waals surface area contributed by atoms with Gasteiger partial charge in [0.1, 0.15) is 9.63 Å². The Bertz CT molecular complexity index is 603. The number of rotatable bonds is 2. The zero-order valence-electron chi connectivity index (χ0n) is 8.47. The molecule has 0 aliphatic rings. The number of nitrogens with zero attached hydrogens (tertiary/aromatic N) is 3. The second-order valence-electron chi connectivity index (χ2n) is 2.98. The van der Waals surface area contributed by atoms with Crippen molar-refractivity contribution in [3.63, 3.8) is 0 Å². The molecule has 0 saturated heterocycles. The maximum atomic E-state index is 11.1. The lowest BCUT2D eigenvalue weighted by Crippen LogP contribution is -2.10. The molecule has 0 aliphatic carbocycles. The lowest BCUT2D eigenvalue weighted by Gasteiger charge is -2.04. The van der Waals surface area contributed by atoms with Crippen molar-refractivity contribution in [2.24, 2.45) is 0 Å². The van der Waals surface area contributed by atoms with Gasteiger partial charge in [0.15, 0.2) is 11.5 Å². The molecular weight excluding hydrogens is 368 g/mol. The molecule has 0 saturated carbocycles. The molecule has 9 heteroatoms. The number of aromatic nitrogens is 3. The van der Waals surface area contributed by atoms with E-state index in [1.807, 2.05) is 0 Å². The first-order valence-corrected chi connectivity index (χ1v) is 5.85. The van der Waals surface area contributed by atoms with Crippen LogP contribution < -0.4 is 0 Å². The Morgan fingerprint density at radius 1 is 1.44 bits per heavy atom. The Labute approximate surface area is 126 Å². The van der Waals surface area contributed by atoms with Crippen LogP contribution in [0.3, 0.4) is 0 Å². The number of carbonyl (C=O) groups is 1. The molecule has 5 nitrogen and oxygen atoms in total. The van der Waals surface area contributed by atoms with Crippen molar-refractivity contribution >= 4 is 57.5 Å². The van der Waals surface area contributed by atoms with E-state index in [0.29, 0.717) is 0 Å². The van der Waals surface area contributed by atoms with E-state index in [1.54, 1.807) is 12.1 Å². The molecule has 2 aromatic heterocycles. The summed E-state index contributed by atoms with van der Waals surface area (Å²) in [4.78, 5) is 15.1. The average molecular weight is 373 g/mol. The maximum Gasteiger partial charge on any atom is 0.356 e. The van der Waals surface area contributed by atoms with Crippen molar-refractivity contribution in [3.05, 3.63) is 38.7 Å². The normalized spacial score (nSPS) is 9.94. The molecule has 0 atom stereocenters. The Kier molecular flexibility index (Phi) is 4.98. The number of aromatic carboxylic acids is 1. The minimum absolute atomic E-state index is 0. The highest BCUT2D eigenvalue weighted by atomic mass is 79.9. The highest BCUT2D eigenvalue weighted by Crippen LogP contribution is 2.29. The Balaban J connectivity index is 0.00000162. The quantitative estimate of drug-likeness (QED) is 0.875. The average Bonchev–Trinajstić information content (AvgIpc) is 2.56. The van der Waals surface area contributed by atoms with Crippen LogP contribution in [0.25, 0.3) is 5.82 Å². The predicted molar refractivity (Wildman–Crippen MR) is 73.3 cm³/mol. The lowest BCUT2D eigenvalue weighted by atomic mass is 10.4. The van der Waals surface area contributed by atoms with E-state index in [2.05, 4.69) is 26.0 Å². The minimum atomic E-state index is -1.21. The van der Waals surface area contributed by atoms with E-state index >= 15 is 0 Å². The van der Waals surface area contributed by atoms with Crippen LogP contribution in [0.15, 0.2) is 22.9 Å². The van der Waals surface area contributed by atoms with Gasteiger partial charge in [-0.25, -0.2) is 14.5 Å². The van der Waals surface area contributed by atoms with Crippen molar-refractivity contribution < 1.29 is 9.90 Å². The SMILES string of the molecule is Cl.O=C(O)c1c(Cl)c(Br)nn1-c1ncccc1Cl. The molecule has 0 aliphatic heterocycles. The Morgan fingerprint density at radius 2 is 2.11 bits per heavy atom. The molecule has 18 heavy (non-hydrogen) atoms. The summed E-state index contributed by atoms with van der Waals surface area (Å²) in [5, 5.41) is 13.3. The van der Waals surface area contributed by atoms with Crippen LogP contribution in [0.5, 0.6) is 0 Å². The molecule has 2 aromatic rings. The van der Waals surface area contributed by atoms with Crippen molar-refractivity contribution in [3.8, 4) is 5.82 Å². The van der Waals surface area contributed by atoms with Gasteiger partial charge in [-0.15, -0.1) is 12.4 Å². The van der Waals surface area contributed by atoms with Crippen LogP contribution in [0.2, 0.25) is 10.0 Å². The first-order chi connectivity index (χ1) is 8.02. The van der Waals surface area contributed by atoms with Gasteiger partial charge in [0, 0.05) is 6.20 Å². The van der Waals surface area contributed by atoms with Crippen LogP contribution in [-0.2, 0) is 0 Å². The molecule has 96 valence electrons. The minimum Gasteiger partial charge on any atom is -0.476 e. The third kappa shape index (κ3) is 2.61. The molecule has 2 heterocycles. The van der Waals surface area contributed by atoms with Gasteiger partial charge in [-0.05, 0) is 28.1 Å². The molecule has 0 radical (unpaired) electrons. The van der Waals surface area contributed by atoms with Gasteiger partial charge in [-0.1, -0.05) is 23.2 Å². The smallest absolute Gasteiger partial charge is 0.356 e. The van der Waals surface area contributed by atoms with Crippen molar-refractivity contribution in [2.75, 3.05) is 0 Å². The molecule has 0 fully saturated rings. The first kappa shape index (κ1) is 15.2. The van der Waals surface area contributed by atoms with Gasteiger partial charge in [-0.2, -0.15) is 5.10 Å². The van der Waals surface area contributed by atoms with Crippen molar-refractivity contribution in [1.29, 1.82) is 0 Å². The summed E-state index contributed by atoms with van der Waals surface area (Å²) in [6.07, 6.45) is 1.48. The molecule has 1 N–H and O–H groups in total. The van der Waals surface area contributed by atoms with Gasteiger partial charge < -0.3 is 5.11 Å². The van der Waals surface area contributed by atoms with Crippen LogP contribution in [0.1, 0.15) is 10.5 Å². The van der Waals surface area contributed by atoms with E-state index in [-0.39, 0.29) is 38.6 Å². The van der Waals surface area contributed by atoms with Crippen LogP contribution in [-0.4, -0.2) is 25.8 Å². The van der Waals surface area contributed by atoms with Crippen molar-refractivity contribution in [1.82, 2.24) is 14.8 Å². The van der Waals surface area contributed by atoms with Gasteiger partial charge in [-0.3, -0.25) is 0 Å². The maximum absolute atomic E-state index is 11.1. The van der Waals surface area contributed by atoms with Gasteiger partial charge >= 0.3 is 5.97 Å².